The fourth-order valence-corrected chi connectivity index (χ4v) is 2.44. The summed E-state index contributed by atoms with van der Waals surface area (Å²) in [5, 5.41) is 2.69. The average molecular weight is 381 g/mol. The summed E-state index contributed by atoms with van der Waals surface area (Å²) < 4.78 is 15.5. The van der Waals surface area contributed by atoms with Crippen molar-refractivity contribution in [1.82, 2.24) is 0 Å². The Morgan fingerprint density at radius 1 is 1.07 bits per heavy atom. The number of rotatable bonds is 7. The van der Waals surface area contributed by atoms with Crippen LogP contribution in [0, 0.1) is 0 Å². The molecule has 7 heteroatoms. The number of benzene rings is 2. The first-order chi connectivity index (χ1) is 13.5. The van der Waals surface area contributed by atoms with Crippen LogP contribution in [0.4, 0.5) is 5.69 Å². The third kappa shape index (κ3) is 4.97. The van der Waals surface area contributed by atoms with Crippen molar-refractivity contribution in [2.24, 2.45) is 0 Å². The molecule has 1 heterocycles. The van der Waals surface area contributed by atoms with Gasteiger partial charge in [0.1, 0.15) is 0 Å². The first kappa shape index (κ1) is 19.2. The van der Waals surface area contributed by atoms with Gasteiger partial charge in [-0.05, 0) is 48.0 Å². The number of amides is 1. The Morgan fingerprint density at radius 2 is 1.82 bits per heavy atom. The summed E-state index contributed by atoms with van der Waals surface area (Å²) in [6, 6.07) is 11.7. The third-order valence-corrected chi connectivity index (χ3v) is 3.97. The van der Waals surface area contributed by atoms with E-state index in [-0.39, 0.29) is 25.1 Å². The van der Waals surface area contributed by atoms with Crippen LogP contribution < -0.4 is 14.8 Å². The molecule has 0 fully saturated rings. The zero-order valence-corrected chi connectivity index (χ0v) is 15.3. The number of esters is 1. The van der Waals surface area contributed by atoms with E-state index < -0.39 is 5.97 Å². The second-order valence-electron chi connectivity index (χ2n) is 5.96. The first-order valence-corrected chi connectivity index (χ1v) is 8.73. The van der Waals surface area contributed by atoms with Crippen molar-refractivity contribution in [3.8, 4) is 11.5 Å². The zero-order valence-electron chi connectivity index (χ0n) is 15.3. The molecule has 2 aromatic carbocycles. The minimum Gasteiger partial charge on any atom is -0.454 e. The summed E-state index contributed by atoms with van der Waals surface area (Å²) in [6.07, 6.45) is 3.19. The Hall–Kier alpha value is -3.61. The van der Waals surface area contributed by atoms with Crippen LogP contribution in [0.25, 0.3) is 6.08 Å². The molecule has 1 amide bonds. The SMILES string of the molecule is CCC(=O)Nc1ccc(C(=O)COC(=O)/C=C/c2ccc3c(c2)OCO3)cc1. The molecule has 144 valence electrons. The lowest BCUT2D eigenvalue weighted by Crippen LogP contribution is -2.13. The molecule has 0 radical (unpaired) electrons. The molecule has 0 saturated carbocycles. The van der Waals surface area contributed by atoms with Crippen LogP contribution >= 0.6 is 0 Å². The highest BCUT2D eigenvalue weighted by atomic mass is 16.7. The quantitative estimate of drug-likeness (QED) is 0.450. The minimum atomic E-state index is -0.627. The van der Waals surface area contributed by atoms with E-state index in [1.54, 1.807) is 55.5 Å². The molecule has 1 aliphatic heterocycles. The molecule has 1 N–H and O–H groups in total. The van der Waals surface area contributed by atoms with Crippen molar-refractivity contribution < 1.29 is 28.6 Å². The largest absolute Gasteiger partial charge is 0.454 e. The summed E-state index contributed by atoms with van der Waals surface area (Å²) >= 11 is 0. The molecule has 0 aromatic heterocycles. The van der Waals surface area contributed by atoms with Crippen LogP contribution in [0.5, 0.6) is 11.5 Å². The number of ketones is 1. The number of anilines is 1. The van der Waals surface area contributed by atoms with Gasteiger partial charge in [0.05, 0.1) is 0 Å². The van der Waals surface area contributed by atoms with E-state index in [1.165, 1.54) is 6.08 Å². The predicted molar refractivity (Wildman–Crippen MR) is 102 cm³/mol. The maximum Gasteiger partial charge on any atom is 0.331 e. The molecule has 0 spiro atoms. The average Bonchev–Trinajstić information content (AvgIpc) is 3.18. The molecule has 0 unspecified atom stereocenters. The van der Waals surface area contributed by atoms with E-state index in [2.05, 4.69) is 5.32 Å². The highest BCUT2D eigenvalue weighted by molar-refractivity contribution is 5.99. The number of Topliss-reactive ketones (excluding diaryl/α,β-unsaturated/α-hetero) is 1. The molecular formula is C21H19NO6. The van der Waals surface area contributed by atoms with E-state index in [0.717, 1.165) is 5.56 Å². The fourth-order valence-electron chi connectivity index (χ4n) is 2.44. The van der Waals surface area contributed by atoms with E-state index in [9.17, 15) is 14.4 Å². The minimum absolute atomic E-state index is 0.109. The number of carbonyl (C=O) groups excluding carboxylic acids is 3. The summed E-state index contributed by atoms with van der Waals surface area (Å²) in [5.74, 6) is 0.202. The maximum atomic E-state index is 12.1. The normalized spacial score (nSPS) is 12.0. The Kier molecular flexibility index (Phi) is 6.06. The molecular weight excluding hydrogens is 362 g/mol. The lowest BCUT2D eigenvalue weighted by Gasteiger charge is -2.05. The van der Waals surface area contributed by atoms with Crippen molar-refractivity contribution in [3.63, 3.8) is 0 Å². The lowest BCUT2D eigenvalue weighted by atomic mass is 10.1. The molecule has 28 heavy (non-hydrogen) atoms. The van der Waals surface area contributed by atoms with Gasteiger partial charge in [-0.1, -0.05) is 13.0 Å². The van der Waals surface area contributed by atoms with Gasteiger partial charge in [0, 0.05) is 23.7 Å². The molecule has 0 atom stereocenters. The Labute approximate surface area is 161 Å². The molecule has 2 aromatic rings. The van der Waals surface area contributed by atoms with Crippen molar-refractivity contribution in [2.45, 2.75) is 13.3 Å². The Balaban J connectivity index is 1.50. The second-order valence-corrected chi connectivity index (χ2v) is 5.96. The number of fused-ring (bicyclic) bond motifs is 1. The van der Waals surface area contributed by atoms with Gasteiger partial charge >= 0.3 is 5.97 Å². The van der Waals surface area contributed by atoms with Gasteiger partial charge in [-0.15, -0.1) is 0 Å². The predicted octanol–water partition coefficient (Wildman–Crippen LogP) is 3.20. The van der Waals surface area contributed by atoms with Gasteiger partial charge in [0.25, 0.3) is 0 Å². The highest BCUT2D eigenvalue weighted by Crippen LogP contribution is 2.32. The van der Waals surface area contributed by atoms with Crippen LogP contribution in [-0.2, 0) is 14.3 Å². The zero-order chi connectivity index (χ0) is 19.9. The van der Waals surface area contributed by atoms with E-state index in [1.807, 2.05) is 0 Å². The molecule has 0 bridgehead atoms. The molecule has 0 aliphatic carbocycles. The van der Waals surface area contributed by atoms with Crippen LogP contribution in [0.15, 0.2) is 48.5 Å². The monoisotopic (exact) mass is 381 g/mol. The van der Waals surface area contributed by atoms with Crippen LogP contribution in [0.3, 0.4) is 0 Å². The summed E-state index contributed by atoms with van der Waals surface area (Å²) in [5.41, 5.74) is 1.74. The molecule has 1 aliphatic rings. The third-order valence-electron chi connectivity index (χ3n) is 3.97. The van der Waals surface area contributed by atoms with Crippen molar-refractivity contribution in [2.75, 3.05) is 18.7 Å². The van der Waals surface area contributed by atoms with E-state index >= 15 is 0 Å². The first-order valence-electron chi connectivity index (χ1n) is 8.73. The van der Waals surface area contributed by atoms with Crippen molar-refractivity contribution in [3.05, 3.63) is 59.7 Å². The number of ether oxygens (including phenoxy) is 3. The maximum absolute atomic E-state index is 12.1. The van der Waals surface area contributed by atoms with Crippen LogP contribution in [0.1, 0.15) is 29.3 Å². The Bertz CT molecular complexity index is 917. The summed E-state index contributed by atoms with van der Waals surface area (Å²) in [4.78, 5) is 35.3. The van der Waals surface area contributed by atoms with Crippen molar-refractivity contribution >= 4 is 29.4 Å². The lowest BCUT2D eigenvalue weighted by molar-refractivity contribution is -0.136. The van der Waals surface area contributed by atoms with Crippen LogP contribution in [-0.4, -0.2) is 31.1 Å². The number of carbonyl (C=O) groups is 3. The highest BCUT2D eigenvalue weighted by Gasteiger charge is 2.13. The van der Waals surface area contributed by atoms with Crippen LogP contribution in [0.2, 0.25) is 0 Å². The number of hydrogen-bond acceptors (Lipinski definition) is 6. The van der Waals surface area contributed by atoms with Crippen molar-refractivity contribution in [1.29, 1.82) is 0 Å². The fraction of sp³-hybridized carbons (Fsp3) is 0.190. The topological polar surface area (TPSA) is 90.9 Å². The molecule has 3 rings (SSSR count). The van der Waals surface area contributed by atoms with Gasteiger partial charge in [-0.3, -0.25) is 9.59 Å². The second kappa shape index (κ2) is 8.85. The summed E-state index contributed by atoms with van der Waals surface area (Å²) in [7, 11) is 0. The Morgan fingerprint density at radius 3 is 2.57 bits per heavy atom. The smallest absolute Gasteiger partial charge is 0.331 e. The standard InChI is InChI=1S/C21H19NO6/c1-2-20(24)22-16-7-5-15(6-8-16)17(23)12-26-21(25)10-4-14-3-9-18-19(11-14)28-13-27-18/h3-11H,2,12-13H2,1H3,(H,22,24)/b10-4+. The number of nitrogens with one attached hydrogen (secondary N) is 1. The van der Waals surface area contributed by atoms with Gasteiger partial charge in [-0.2, -0.15) is 0 Å². The summed E-state index contributed by atoms with van der Waals surface area (Å²) in [6.45, 7) is 1.56. The van der Waals surface area contributed by atoms with E-state index in [4.69, 9.17) is 14.2 Å². The molecule has 0 saturated heterocycles. The van der Waals surface area contributed by atoms with Gasteiger partial charge in [0.15, 0.2) is 23.9 Å². The van der Waals surface area contributed by atoms with E-state index in [0.29, 0.717) is 29.2 Å². The molecule has 7 nitrogen and oxygen atoms in total. The van der Waals surface area contributed by atoms with Gasteiger partial charge < -0.3 is 19.5 Å². The van der Waals surface area contributed by atoms with Gasteiger partial charge in [-0.25, -0.2) is 4.79 Å². The van der Waals surface area contributed by atoms with Gasteiger partial charge in [0.2, 0.25) is 12.7 Å². The number of hydrogen-bond donors (Lipinski definition) is 1.